The number of nitrogens with two attached hydrogens (primary N) is 1. The summed E-state index contributed by atoms with van der Waals surface area (Å²) in [6.45, 7) is 3.76. The van der Waals surface area contributed by atoms with Gasteiger partial charge in [0.1, 0.15) is 0 Å². The van der Waals surface area contributed by atoms with Crippen LogP contribution in [0.25, 0.3) is 11.2 Å². The molecule has 21 heavy (non-hydrogen) atoms. The normalized spacial score (nSPS) is 25.2. The average molecular weight is 417 g/mol. The van der Waals surface area contributed by atoms with Gasteiger partial charge in [0.2, 0.25) is 5.95 Å². The number of aliphatic hydroxyl groups excluding tert-OH is 2. The zero-order chi connectivity index (χ0) is 14.4. The average Bonchev–Trinajstić information content (AvgIpc) is 2.91. The van der Waals surface area contributed by atoms with Crippen LogP contribution >= 0.6 is 0 Å². The first-order valence-electron chi connectivity index (χ1n) is 6.23. The monoisotopic (exact) mass is 417 g/mol. The number of hydrogen-bond acceptors (Lipinski definition) is 6. The molecule has 8 nitrogen and oxygen atoms in total. The molecule has 2 heterocycles. The summed E-state index contributed by atoms with van der Waals surface area (Å²) in [5.41, 5.74) is 6.37. The van der Waals surface area contributed by atoms with Gasteiger partial charge in [-0.15, -0.1) is 0 Å². The molecule has 0 aliphatic heterocycles. The third-order valence-corrected chi connectivity index (χ3v) is 3.82. The van der Waals surface area contributed by atoms with Crippen molar-refractivity contribution in [3.05, 3.63) is 28.8 Å². The van der Waals surface area contributed by atoms with E-state index < -0.39 is 11.7 Å². The number of H-pyrrole nitrogens is 1. The SMILES string of the molecule is C=C1[C@H](CO)[C@@H](O)C[C@@H]1n1cnc2c(=O)[nH]c(N)nc21.[Ba+2].[H-].[H-]. The van der Waals surface area contributed by atoms with Gasteiger partial charge in [-0.05, 0) is 12.0 Å². The fraction of sp³-hybridized carbons (Fsp3) is 0.417. The molecule has 0 saturated heterocycles. The minimum atomic E-state index is -0.672. The van der Waals surface area contributed by atoms with Crippen molar-refractivity contribution < 1.29 is 13.1 Å². The van der Waals surface area contributed by atoms with E-state index in [1.807, 2.05) is 0 Å². The molecule has 2 aromatic rings. The molecule has 110 valence electrons. The van der Waals surface area contributed by atoms with Crippen molar-refractivity contribution in [3.8, 4) is 0 Å². The van der Waals surface area contributed by atoms with Gasteiger partial charge in [-0.25, -0.2) is 4.98 Å². The molecule has 0 unspecified atom stereocenters. The molecule has 0 aromatic carbocycles. The van der Waals surface area contributed by atoms with E-state index in [1.165, 1.54) is 6.33 Å². The van der Waals surface area contributed by atoms with Crippen LogP contribution in [-0.2, 0) is 0 Å². The van der Waals surface area contributed by atoms with Gasteiger partial charge in [0.15, 0.2) is 11.2 Å². The second-order valence-corrected chi connectivity index (χ2v) is 4.96. The molecule has 5 N–H and O–H groups in total. The molecule has 9 heteroatoms. The molecule has 1 aliphatic rings. The first-order valence-corrected chi connectivity index (χ1v) is 6.23. The van der Waals surface area contributed by atoms with Crippen LogP contribution in [0.1, 0.15) is 15.3 Å². The van der Waals surface area contributed by atoms with Crippen LogP contribution in [0.2, 0.25) is 0 Å². The Labute approximate surface area is 163 Å². The molecular formula is C12H17BaN5O3. The van der Waals surface area contributed by atoms with Gasteiger partial charge in [-0.3, -0.25) is 9.78 Å². The largest absolute Gasteiger partial charge is 2.00 e. The number of aliphatic hydroxyl groups is 2. The zero-order valence-electron chi connectivity index (χ0n) is 13.4. The zero-order valence-corrected chi connectivity index (χ0v) is 15.8. The van der Waals surface area contributed by atoms with E-state index in [1.54, 1.807) is 4.57 Å². The number of imidazole rings is 1. The summed E-state index contributed by atoms with van der Waals surface area (Å²) in [6, 6.07) is -0.263. The van der Waals surface area contributed by atoms with Crippen LogP contribution in [0, 0.1) is 5.92 Å². The summed E-state index contributed by atoms with van der Waals surface area (Å²) in [5.74, 6) is -0.371. The number of nitrogens with one attached hydrogen (secondary N) is 1. The van der Waals surface area contributed by atoms with Crippen LogP contribution < -0.4 is 11.3 Å². The second kappa shape index (κ2) is 6.25. The maximum Gasteiger partial charge on any atom is 2.00 e. The number of aromatic amines is 1. The standard InChI is InChI=1S/C12H15N5O3.Ba.2H/c1-5-6(3-18)8(19)2-7(5)17-4-14-9-10(17)15-12(13)16-11(9)20;;;/h4,6-8,18-19H,1-3H2,(H3,13,15,16,20);;;/q;+2;2*-1/t6-,7-,8-;;;/m0.../s1. The molecule has 0 bridgehead atoms. The van der Waals surface area contributed by atoms with Crippen LogP contribution in [-0.4, -0.2) is 91.3 Å². The molecule has 1 aliphatic carbocycles. The third-order valence-electron chi connectivity index (χ3n) is 3.82. The van der Waals surface area contributed by atoms with Crippen molar-refractivity contribution in [1.82, 2.24) is 19.5 Å². The number of hydrogen-bond donors (Lipinski definition) is 4. The molecule has 1 fully saturated rings. The topological polar surface area (TPSA) is 130 Å². The van der Waals surface area contributed by atoms with Crippen molar-refractivity contribution in [3.63, 3.8) is 0 Å². The summed E-state index contributed by atoms with van der Waals surface area (Å²) in [6.07, 6.45) is 1.20. The Balaban J connectivity index is 0.00000161. The smallest absolute Gasteiger partial charge is 1.00 e. The summed E-state index contributed by atoms with van der Waals surface area (Å²) >= 11 is 0. The first-order chi connectivity index (χ1) is 9.52. The van der Waals surface area contributed by atoms with Crippen molar-refractivity contribution in [2.24, 2.45) is 5.92 Å². The van der Waals surface area contributed by atoms with Crippen molar-refractivity contribution in [2.75, 3.05) is 12.3 Å². The minimum Gasteiger partial charge on any atom is -1.00 e. The molecule has 0 amide bonds. The summed E-state index contributed by atoms with van der Waals surface area (Å²) < 4.78 is 1.67. The molecule has 0 radical (unpaired) electrons. The number of nitrogen functional groups attached to an aromatic ring is 1. The number of rotatable bonds is 2. The van der Waals surface area contributed by atoms with Gasteiger partial charge in [0.05, 0.1) is 25.1 Å². The van der Waals surface area contributed by atoms with Crippen molar-refractivity contribution in [1.29, 1.82) is 0 Å². The van der Waals surface area contributed by atoms with Crippen molar-refractivity contribution in [2.45, 2.75) is 18.6 Å². The number of nitrogens with zero attached hydrogens (tertiary/aromatic N) is 3. The summed E-state index contributed by atoms with van der Waals surface area (Å²) in [4.78, 5) is 22.2. The van der Waals surface area contributed by atoms with Gasteiger partial charge in [0.25, 0.3) is 5.56 Å². The quantitative estimate of drug-likeness (QED) is 0.368. The fourth-order valence-electron chi connectivity index (χ4n) is 2.74. The summed E-state index contributed by atoms with van der Waals surface area (Å²) in [7, 11) is 0. The maximum atomic E-state index is 11.7. The number of fused-ring (bicyclic) bond motifs is 1. The van der Waals surface area contributed by atoms with Crippen LogP contribution in [0.4, 0.5) is 5.95 Å². The van der Waals surface area contributed by atoms with E-state index in [4.69, 9.17) is 5.73 Å². The Kier molecular flexibility index (Phi) is 4.98. The van der Waals surface area contributed by atoms with Crippen LogP contribution in [0.5, 0.6) is 0 Å². The van der Waals surface area contributed by atoms with Gasteiger partial charge in [-0.2, -0.15) is 4.98 Å². The van der Waals surface area contributed by atoms with Crippen molar-refractivity contribution >= 4 is 66.0 Å². The predicted molar refractivity (Wildman–Crippen MR) is 79.9 cm³/mol. The number of aromatic nitrogens is 4. The first kappa shape index (κ1) is 16.7. The number of anilines is 1. The van der Waals surface area contributed by atoms with Gasteiger partial charge in [-0.1, -0.05) is 6.58 Å². The van der Waals surface area contributed by atoms with E-state index in [2.05, 4.69) is 21.5 Å². The second-order valence-electron chi connectivity index (χ2n) is 4.96. The minimum absolute atomic E-state index is 0. The molecule has 3 atom stereocenters. The van der Waals surface area contributed by atoms with E-state index >= 15 is 0 Å². The summed E-state index contributed by atoms with van der Waals surface area (Å²) in [5, 5.41) is 19.2. The predicted octanol–water partition coefficient (Wildman–Crippen LogP) is -0.984. The van der Waals surface area contributed by atoms with Gasteiger partial charge in [0, 0.05) is 5.92 Å². The Hall–Kier alpha value is -0.619. The van der Waals surface area contributed by atoms with Crippen LogP contribution in [0.3, 0.4) is 0 Å². The fourth-order valence-corrected chi connectivity index (χ4v) is 2.74. The Morgan fingerprint density at radius 2 is 2.33 bits per heavy atom. The van der Waals surface area contributed by atoms with Gasteiger partial charge < -0.3 is 23.4 Å². The molecule has 0 spiro atoms. The maximum absolute atomic E-state index is 11.7. The van der Waals surface area contributed by atoms with E-state index in [9.17, 15) is 15.0 Å². The van der Waals surface area contributed by atoms with E-state index in [0.717, 1.165) is 0 Å². The van der Waals surface area contributed by atoms with E-state index in [-0.39, 0.29) is 81.8 Å². The molecule has 2 aromatic heterocycles. The van der Waals surface area contributed by atoms with Crippen LogP contribution in [0.15, 0.2) is 23.3 Å². The molecule has 3 rings (SSSR count). The third kappa shape index (κ3) is 2.72. The van der Waals surface area contributed by atoms with E-state index in [0.29, 0.717) is 17.6 Å². The molecular weight excluding hydrogens is 399 g/mol. The van der Waals surface area contributed by atoms with Gasteiger partial charge >= 0.3 is 48.9 Å². The Morgan fingerprint density at radius 1 is 1.62 bits per heavy atom. The Bertz CT molecular complexity index is 750. The Morgan fingerprint density at radius 3 is 2.95 bits per heavy atom. The molecule has 1 saturated carbocycles.